The molecule has 0 unspecified atom stereocenters. The van der Waals surface area contributed by atoms with E-state index in [9.17, 15) is 4.91 Å². The maximum atomic E-state index is 10.2. The number of rotatable bonds is 5. The smallest absolute Gasteiger partial charge is 0.192 e. The molecule has 0 aromatic rings. The fourth-order valence-electron chi connectivity index (χ4n) is 0.714. The highest BCUT2D eigenvalue weighted by Crippen LogP contribution is 1.93. The third kappa shape index (κ3) is 4.23. The van der Waals surface area contributed by atoms with Crippen LogP contribution in [0.25, 0.3) is 0 Å². The zero-order valence-electron chi connectivity index (χ0n) is 7.54. The van der Waals surface area contributed by atoms with Crippen LogP contribution in [0.5, 0.6) is 0 Å². The molecule has 0 aliphatic carbocycles. The Labute approximate surface area is 78.3 Å². The van der Waals surface area contributed by atoms with E-state index in [4.69, 9.17) is 12.2 Å². The van der Waals surface area contributed by atoms with Crippen LogP contribution in [0.1, 0.15) is 26.7 Å². The second-order valence-corrected chi connectivity index (χ2v) is 2.82. The number of hydrogen-bond acceptors (Lipinski definition) is 3. The summed E-state index contributed by atoms with van der Waals surface area (Å²) in [5.41, 5.74) is 0. The summed E-state index contributed by atoms with van der Waals surface area (Å²) in [5, 5.41) is 7.44. The van der Waals surface area contributed by atoms with Crippen LogP contribution in [0, 0.1) is 4.91 Å². The van der Waals surface area contributed by atoms with E-state index >= 15 is 0 Å². The third-order valence-electron chi connectivity index (χ3n) is 1.29. The summed E-state index contributed by atoms with van der Waals surface area (Å²) >= 11 is 4.93. The molecule has 0 aromatic heterocycles. The van der Waals surface area contributed by atoms with E-state index in [1.165, 1.54) is 5.01 Å². The Morgan fingerprint density at radius 2 is 2.17 bits per heavy atom. The van der Waals surface area contributed by atoms with E-state index in [1.807, 2.05) is 13.8 Å². The molecule has 0 saturated carbocycles. The van der Waals surface area contributed by atoms with Crippen molar-refractivity contribution in [2.24, 2.45) is 5.29 Å². The van der Waals surface area contributed by atoms with E-state index in [0.29, 0.717) is 11.7 Å². The maximum absolute atomic E-state index is 10.2. The summed E-state index contributed by atoms with van der Waals surface area (Å²) in [7, 11) is 0. The minimum atomic E-state index is 0.425. The molecule has 5 heteroatoms. The lowest BCUT2D eigenvalue weighted by Gasteiger charge is -2.15. The fourth-order valence-corrected chi connectivity index (χ4v) is 0.941. The molecule has 0 fully saturated rings. The first-order valence-corrected chi connectivity index (χ1v) is 4.55. The molecule has 0 amide bonds. The molecule has 0 rings (SSSR count). The van der Waals surface area contributed by atoms with Crippen molar-refractivity contribution in [3.05, 3.63) is 4.91 Å². The zero-order chi connectivity index (χ0) is 9.40. The third-order valence-corrected chi connectivity index (χ3v) is 1.65. The number of thiocarbonyl (C=S) groups is 1. The predicted octanol–water partition coefficient (Wildman–Crippen LogP) is 1.66. The highest BCUT2D eigenvalue weighted by Gasteiger charge is 2.06. The zero-order valence-corrected chi connectivity index (χ0v) is 8.36. The van der Waals surface area contributed by atoms with Crippen molar-refractivity contribution in [1.82, 2.24) is 10.3 Å². The number of nitrogens with zero attached hydrogens (tertiary/aromatic N) is 2. The standard InChI is InChI=1S/C7H15N3OS/c1-3-5-8-7(12)10(9-11)6-4-2/h3-6H2,1-2H3,(H,8,12)/i8+1,9+1,10+1. The van der Waals surface area contributed by atoms with Gasteiger partial charge in [0, 0.05) is 13.1 Å². The van der Waals surface area contributed by atoms with Crippen molar-refractivity contribution in [2.75, 3.05) is 13.1 Å². The highest BCUT2D eigenvalue weighted by atomic mass is 32.1. The van der Waals surface area contributed by atoms with Crippen LogP contribution in [0.3, 0.4) is 0 Å². The first-order valence-electron chi connectivity index (χ1n) is 4.14. The Hall–Kier alpha value is -0.710. The van der Waals surface area contributed by atoms with Gasteiger partial charge in [0.05, 0.1) is 5.29 Å². The van der Waals surface area contributed by atoms with E-state index in [2.05, 4.69) is 10.6 Å². The maximum Gasteiger partial charge on any atom is 0.192 e. The van der Waals surface area contributed by atoms with Gasteiger partial charge < -0.3 is 5.32 Å². The monoisotopic (exact) mass is 192 g/mol. The first-order chi connectivity index (χ1) is 5.76. The fraction of sp³-hybridized carbons (Fsp3) is 0.857. The van der Waals surface area contributed by atoms with Crippen molar-refractivity contribution in [2.45, 2.75) is 26.7 Å². The molecular weight excluding hydrogens is 177 g/mol. The Bertz CT molecular complexity index is 152. The molecule has 0 heterocycles. The van der Waals surface area contributed by atoms with Gasteiger partial charge in [-0.3, -0.25) is 0 Å². The van der Waals surface area contributed by atoms with Gasteiger partial charge in [-0.1, -0.05) is 13.8 Å². The van der Waals surface area contributed by atoms with Crippen LogP contribution in [0.4, 0.5) is 0 Å². The predicted molar refractivity (Wildman–Crippen MR) is 53.7 cm³/mol. The lowest BCUT2D eigenvalue weighted by atomic mass is 10.5. The molecule has 0 aliphatic rings. The van der Waals surface area contributed by atoms with Crippen molar-refractivity contribution < 1.29 is 0 Å². The Morgan fingerprint density at radius 1 is 1.50 bits per heavy atom. The summed E-state index contributed by atoms with van der Waals surface area (Å²) in [4.78, 5) is 10.2. The van der Waals surface area contributed by atoms with Gasteiger partial charge in [0.15, 0.2) is 5.11 Å². The second-order valence-electron chi connectivity index (χ2n) is 2.44. The van der Waals surface area contributed by atoms with Crippen molar-refractivity contribution in [3.8, 4) is 0 Å². The lowest BCUT2D eigenvalue weighted by molar-refractivity contribution is 0.429. The summed E-state index contributed by atoms with van der Waals surface area (Å²) in [6.07, 6.45) is 1.85. The Kier molecular flexibility index (Phi) is 6.55. The molecule has 1 N–H and O–H groups in total. The molecule has 0 aliphatic heterocycles. The largest absolute Gasteiger partial charge is 0.361 e. The van der Waals surface area contributed by atoms with Crippen LogP contribution in [-0.4, -0.2) is 23.2 Å². The molecule has 12 heavy (non-hydrogen) atoms. The summed E-state index contributed by atoms with van der Waals surface area (Å²) < 4.78 is 0. The lowest BCUT2D eigenvalue weighted by Crippen LogP contribution is -2.36. The van der Waals surface area contributed by atoms with Crippen LogP contribution < -0.4 is 5.32 Å². The number of hydrogen-bond donors (Lipinski definition) is 1. The van der Waals surface area contributed by atoms with Gasteiger partial charge in [0.2, 0.25) is 0 Å². The van der Waals surface area contributed by atoms with Crippen molar-refractivity contribution in [3.63, 3.8) is 0 Å². The number of nitroso groups, excluding NO2 is 1. The Morgan fingerprint density at radius 3 is 2.58 bits per heavy atom. The van der Waals surface area contributed by atoms with E-state index in [-0.39, 0.29) is 0 Å². The molecule has 0 bridgehead atoms. The molecule has 70 valence electrons. The molecule has 0 saturated heterocycles. The van der Waals surface area contributed by atoms with Gasteiger partial charge >= 0.3 is 0 Å². The van der Waals surface area contributed by atoms with E-state index in [1.54, 1.807) is 0 Å². The molecule has 0 spiro atoms. The van der Waals surface area contributed by atoms with Crippen LogP contribution in [-0.2, 0) is 0 Å². The van der Waals surface area contributed by atoms with Gasteiger partial charge in [-0.15, -0.1) is 4.91 Å². The van der Waals surface area contributed by atoms with Crippen LogP contribution in [0.2, 0.25) is 0 Å². The highest BCUT2D eigenvalue weighted by molar-refractivity contribution is 7.80. The average molecular weight is 192 g/mol. The van der Waals surface area contributed by atoms with Gasteiger partial charge in [0.25, 0.3) is 0 Å². The first kappa shape index (κ1) is 11.3. The molecule has 0 radical (unpaired) electrons. The quantitative estimate of drug-likeness (QED) is 0.311. The van der Waals surface area contributed by atoms with Gasteiger partial charge in [-0.05, 0) is 25.1 Å². The second kappa shape index (κ2) is 6.97. The number of nitrogens with one attached hydrogen (secondary N) is 1. The normalized spacial score (nSPS) is 9.17. The van der Waals surface area contributed by atoms with Crippen LogP contribution in [0.15, 0.2) is 5.29 Å². The minimum absolute atomic E-state index is 0.425. The van der Waals surface area contributed by atoms with Crippen LogP contribution >= 0.6 is 12.2 Å². The molecule has 4 nitrogen and oxygen atoms in total. The van der Waals surface area contributed by atoms with Gasteiger partial charge in [-0.25, -0.2) is 5.01 Å². The van der Waals surface area contributed by atoms with Gasteiger partial charge in [-0.2, -0.15) is 0 Å². The summed E-state index contributed by atoms with van der Waals surface area (Å²) in [6.45, 7) is 5.38. The summed E-state index contributed by atoms with van der Waals surface area (Å²) in [6, 6.07) is 0. The summed E-state index contributed by atoms with van der Waals surface area (Å²) in [5.74, 6) is 0. The van der Waals surface area contributed by atoms with Gasteiger partial charge in [0.1, 0.15) is 0 Å². The molecular formula is C7H15N3OS. The van der Waals surface area contributed by atoms with Crippen molar-refractivity contribution in [1.29, 1.82) is 0 Å². The SMILES string of the molecule is CCC[15NH]C(=S)[15N](CCC)[15N]=O. The average Bonchev–Trinajstić information content (AvgIpc) is 2.10. The Balaban J connectivity index is 3.77. The van der Waals surface area contributed by atoms with E-state index < -0.39 is 0 Å². The van der Waals surface area contributed by atoms with E-state index in [0.717, 1.165) is 19.4 Å². The minimum Gasteiger partial charge on any atom is -0.361 e. The molecule has 0 aromatic carbocycles. The molecule has 0 atom stereocenters. The van der Waals surface area contributed by atoms with Crippen molar-refractivity contribution >= 4 is 17.3 Å². The topological polar surface area (TPSA) is 44.7 Å².